The van der Waals surface area contributed by atoms with E-state index in [9.17, 15) is 9.18 Å². The number of hydrogen-bond acceptors (Lipinski definition) is 2. The lowest BCUT2D eigenvalue weighted by Gasteiger charge is -2.42. The van der Waals surface area contributed by atoms with Gasteiger partial charge in [0.1, 0.15) is 5.82 Å². The molecule has 1 aromatic carbocycles. The van der Waals surface area contributed by atoms with E-state index in [4.69, 9.17) is 0 Å². The highest BCUT2D eigenvalue weighted by molar-refractivity contribution is 9.10. The Hall–Kier alpha value is -0.940. The van der Waals surface area contributed by atoms with Crippen molar-refractivity contribution in [2.45, 2.75) is 13.0 Å². The minimum Gasteiger partial charge on any atom is -0.335 e. The molecule has 0 aromatic heterocycles. The first-order valence-corrected chi connectivity index (χ1v) is 6.60. The number of nitrogens with zero attached hydrogens (tertiary/aromatic N) is 2. The molecule has 0 N–H and O–H groups in total. The normalized spacial score (nSPS) is 16.0. The maximum atomic E-state index is 13.3. The zero-order chi connectivity index (χ0) is 13.4. The summed E-state index contributed by atoms with van der Waals surface area (Å²) in [6, 6.07) is 3.38. The molecule has 0 saturated carbocycles. The first-order chi connectivity index (χ1) is 8.40. The van der Waals surface area contributed by atoms with Crippen LogP contribution in [0.15, 0.2) is 16.6 Å². The Balaban J connectivity index is 2.14. The average molecular weight is 315 g/mol. The van der Waals surface area contributed by atoms with E-state index in [-0.39, 0.29) is 11.7 Å². The van der Waals surface area contributed by atoms with Crippen molar-refractivity contribution in [2.24, 2.45) is 0 Å². The maximum Gasteiger partial charge on any atom is 0.255 e. The first kappa shape index (κ1) is 13.5. The third kappa shape index (κ3) is 2.42. The van der Waals surface area contributed by atoms with E-state index in [1.807, 2.05) is 14.1 Å². The van der Waals surface area contributed by atoms with Gasteiger partial charge in [-0.3, -0.25) is 4.79 Å². The second-order valence-corrected chi connectivity index (χ2v) is 5.76. The van der Waals surface area contributed by atoms with Gasteiger partial charge < -0.3 is 9.80 Å². The van der Waals surface area contributed by atoms with Crippen LogP contribution in [0.3, 0.4) is 0 Å². The summed E-state index contributed by atoms with van der Waals surface area (Å²) in [5.74, 6) is -0.337. The Morgan fingerprint density at radius 2 is 2.06 bits per heavy atom. The largest absolute Gasteiger partial charge is 0.335 e. The second-order valence-electron chi connectivity index (χ2n) is 4.91. The molecule has 1 aliphatic rings. The Labute approximate surface area is 115 Å². The van der Waals surface area contributed by atoms with E-state index in [2.05, 4.69) is 20.8 Å². The molecule has 2 rings (SSSR count). The third-order valence-corrected chi connectivity index (χ3v) is 4.01. The highest BCUT2D eigenvalue weighted by atomic mass is 79.9. The quantitative estimate of drug-likeness (QED) is 0.836. The molecule has 0 aliphatic carbocycles. The lowest BCUT2D eigenvalue weighted by Crippen LogP contribution is -2.59. The zero-order valence-electron chi connectivity index (χ0n) is 10.7. The fraction of sp³-hybridized carbons (Fsp3) is 0.462. The van der Waals surface area contributed by atoms with Gasteiger partial charge in [-0.2, -0.15) is 0 Å². The standard InChI is InChI=1S/C13H16BrFN2O/c1-8-4-10(11(14)5-12(8)15)13(18)17-6-9(7-17)16(2)3/h4-5,9H,6-7H2,1-3H3. The number of likely N-dealkylation sites (tertiary alicyclic amines) is 1. The first-order valence-electron chi connectivity index (χ1n) is 5.81. The number of carbonyl (C=O) groups excluding carboxylic acids is 1. The van der Waals surface area contributed by atoms with E-state index in [0.717, 1.165) is 13.1 Å². The number of carbonyl (C=O) groups is 1. The summed E-state index contributed by atoms with van der Waals surface area (Å²) in [6.45, 7) is 3.13. The lowest BCUT2D eigenvalue weighted by molar-refractivity contribution is 0.0398. The van der Waals surface area contributed by atoms with Crippen LogP contribution >= 0.6 is 15.9 Å². The van der Waals surface area contributed by atoms with Crippen LogP contribution in [0.2, 0.25) is 0 Å². The molecule has 3 nitrogen and oxygen atoms in total. The van der Waals surface area contributed by atoms with Crippen LogP contribution in [0, 0.1) is 12.7 Å². The number of likely N-dealkylation sites (N-methyl/N-ethyl adjacent to an activating group) is 1. The number of rotatable bonds is 2. The Morgan fingerprint density at radius 1 is 1.44 bits per heavy atom. The van der Waals surface area contributed by atoms with Crippen molar-refractivity contribution in [3.63, 3.8) is 0 Å². The molecule has 1 heterocycles. The van der Waals surface area contributed by atoms with Gasteiger partial charge in [-0.25, -0.2) is 4.39 Å². The predicted molar refractivity (Wildman–Crippen MR) is 72.2 cm³/mol. The average Bonchev–Trinajstić information content (AvgIpc) is 2.20. The van der Waals surface area contributed by atoms with Crippen molar-refractivity contribution in [1.29, 1.82) is 0 Å². The zero-order valence-corrected chi connectivity index (χ0v) is 12.3. The van der Waals surface area contributed by atoms with Gasteiger partial charge in [0.05, 0.1) is 5.56 Å². The van der Waals surface area contributed by atoms with Crippen LogP contribution in [-0.4, -0.2) is 48.9 Å². The highest BCUT2D eigenvalue weighted by Crippen LogP contribution is 2.24. The summed E-state index contributed by atoms with van der Waals surface area (Å²) < 4.78 is 13.8. The number of aryl methyl sites for hydroxylation is 1. The van der Waals surface area contributed by atoms with E-state index < -0.39 is 0 Å². The van der Waals surface area contributed by atoms with Gasteiger partial charge in [0.15, 0.2) is 0 Å². The topological polar surface area (TPSA) is 23.6 Å². The fourth-order valence-electron chi connectivity index (χ4n) is 1.94. The Morgan fingerprint density at radius 3 is 2.61 bits per heavy atom. The van der Waals surface area contributed by atoms with Gasteiger partial charge in [-0.1, -0.05) is 0 Å². The third-order valence-electron chi connectivity index (χ3n) is 3.36. The molecule has 5 heteroatoms. The van der Waals surface area contributed by atoms with Crippen LogP contribution in [0.25, 0.3) is 0 Å². The number of amides is 1. The van der Waals surface area contributed by atoms with Gasteiger partial charge in [-0.05, 0) is 54.6 Å². The summed E-state index contributed by atoms with van der Waals surface area (Å²) in [4.78, 5) is 16.1. The summed E-state index contributed by atoms with van der Waals surface area (Å²) in [6.07, 6.45) is 0. The van der Waals surface area contributed by atoms with Crippen LogP contribution < -0.4 is 0 Å². The van der Waals surface area contributed by atoms with Crippen LogP contribution in [0.4, 0.5) is 4.39 Å². The van der Waals surface area contributed by atoms with Gasteiger partial charge in [0, 0.05) is 23.6 Å². The fourth-order valence-corrected chi connectivity index (χ4v) is 2.42. The molecule has 1 saturated heterocycles. The highest BCUT2D eigenvalue weighted by Gasteiger charge is 2.33. The summed E-state index contributed by atoms with van der Waals surface area (Å²) >= 11 is 3.25. The summed E-state index contributed by atoms with van der Waals surface area (Å²) in [5.41, 5.74) is 1.03. The van der Waals surface area contributed by atoms with Gasteiger partial charge in [-0.15, -0.1) is 0 Å². The molecule has 0 radical (unpaired) electrons. The minimum atomic E-state index is -0.298. The van der Waals surface area contributed by atoms with Crippen molar-refractivity contribution < 1.29 is 9.18 Å². The van der Waals surface area contributed by atoms with E-state index in [1.165, 1.54) is 6.07 Å². The molecular weight excluding hydrogens is 299 g/mol. The van der Waals surface area contributed by atoms with E-state index >= 15 is 0 Å². The van der Waals surface area contributed by atoms with Crippen molar-refractivity contribution >= 4 is 21.8 Å². The van der Waals surface area contributed by atoms with E-state index in [0.29, 0.717) is 21.6 Å². The van der Waals surface area contributed by atoms with Crippen molar-refractivity contribution in [3.8, 4) is 0 Å². The Kier molecular flexibility index (Phi) is 3.73. The molecule has 1 fully saturated rings. The number of benzene rings is 1. The predicted octanol–water partition coefficient (Wildman–Crippen LogP) is 2.28. The van der Waals surface area contributed by atoms with Crippen molar-refractivity contribution in [1.82, 2.24) is 9.80 Å². The molecule has 0 atom stereocenters. The molecule has 1 aliphatic heterocycles. The monoisotopic (exact) mass is 314 g/mol. The van der Waals surface area contributed by atoms with Gasteiger partial charge in [0.2, 0.25) is 0 Å². The van der Waals surface area contributed by atoms with Gasteiger partial charge >= 0.3 is 0 Å². The van der Waals surface area contributed by atoms with Crippen LogP contribution in [0.1, 0.15) is 15.9 Å². The molecule has 98 valence electrons. The minimum absolute atomic E-state index is 0.0388. The molecule has 0 spiro atoms. The lowest BCUT2D eigenvalue weighted by atomic mass is 10.0. The smallest absolute Gasteiger partial charge is 0.255 e. The van der Waals surface area contributed by atoms with Crippen LogP contribution in [0.5, 0.6) is 0 Å². The molecule has 0 bridgehead atoms. The van der Waals surface area contributed by atoms with E-state index in [1.54, 1.807) is 17.9 Å². The molecule has 0 unspecified atom stereocenters. The maximum absolute atomic E-state index is 13.3. The molecule has 1 aromatic rings. The SMILES string of the molecule is Cc1cc(C(=O)N2CC(N(C)C)C2)c(Br)cc1F. The van der Waals surface area contributed by atoms with Gasteiger partial charge in [0.25, 0.3) is 5.91 Å². The Bertz CT molecular complexity index is 484. The van der Waals surface area contributed by atoms with Crippen molar-refractivity contribution in [2.75, 3.05) is 27.2 Å². The van der Waals surface area contributed by atoms with Crippen molar-refractivity contribution in [3.05, 3.63) is 33.5 Å². The summed E-state index contributed by atoms with van der Waals surface area (Å²) in [7, 11) is 4.01. The molecule has 1 amide bonds. The van der Waals surface area contributed by atoms with Crippen LogP contribution in [-0.2, 0) is 0 Å². The second kappa shape index (κ2) is 4.97. The summed E-state index contributed by atoms with van der Waals surface area (Å²) in [5, 5.41) is 0. The number of halogens is 2. The molecular formula is C13H16BrFN2O. The molecule has 18 heavy (non-hydrogen) atoms. The number of hydrogen-bond donors (Lipinski definition) is 0.